The van der Waals surface area contributed by atoms with Crippen molar-refractivity contribution in [3.8, 4) is 5.75 Å². The van der Waals surface area contributed by atoms with Crippen LogP contribution >= 0.6 is 0 Å². The fourth-order valence-corrected chi connectivity index (χ4v) is 3.83. The lowest BCUT2D eigenvalue weighted by molar-refractivity contribution is -0.149. The highest BCUT2D eigenvalue weighted by Crippen LogP contribution is 2.38. The Morgan fingerprint density at radius 3 is 2.85 bits per heavy atom. The Morgan fingerprint density at radius 1 is 1.37 bits per heavy atom. The molecular weight excluding hydrogens is 355 g/mol. The number of amides is 3. The molecule has 8 heteroatoms. The number of imide groups is 1. The largest absolute Gasteiger partial charge is 0.496 e. The lowest BCUT2D eigenvalue weighted by Crippen LogP contribution is -2.54. The van der Waals surface area contributed by atoms with Crippen LogP contribution in [-0.2, 0) is 20.9 Å². The molecule has 0 radical (unpaired) electrons. The number of methoxy groups -OCH3 is 1. The molecule has 27 heavy (non-hydrogen) atoms. The van der Waals surface area contributed by atoms with Crippen molar-refractivity contribution in [2.45, 2.75) is 44.8 Å². The zero-order chi connectivity index (χ0) is 19.6. The Labute approximate surface area is 156 Å². The first-order valence-electron chi connectivity index (χ1n) is 8.99. The van der Waals surface area contributed by atoms with E-state index in [1.54, 1.807) is 0 Å². The number of halogens is 1. The Kier molecular flexibility index (Phi) is 5.34. The SMILES string of the molecule is COc1ccc(F)cc1COC(=O)CN1C(=O)N[C@@]2(CCCC[C@H]2C)C1=O. The summed E-state index contributed by atoms with van der Waals surface area (Å²) in [4.78, 5) is 38.2. The number of carbonyl (C=O) groups excluding carboxylic acids is 3. The Hall–Kier alpha value is -2.64. The van der Waals surface area contributed by atoms with Gasteiger partial charge in [-0.2, -0.15) is 0 Å². The van der Waals surface area contributed by atoms with Gasteiger partial charge < -0.3 is 14.8 Å². The number of rotatable bonds is 5. The molecule has 3 amide bonds. The van der Waals surface area contributed by atoms with Gasteiger partial charge in [0.15, 0.2) is 0 Å². The highest BCUT2D eigenvalue weighted by atomic mass is 19.1. The van der Waals surface area contributed by atoms with Crippen molar-refractivity contribution < 1.29 is 28.2 Å². The van der Waals surface area contributed by atoms with Crippen LogP contribution in [0.4, 0.5) is 9.18 Å². The van der Waals surface area contributed by atoms with Crippen molar-refractivity contribution in [2.75, 3.05) is 13.7 Å². The lowest BCUT2D eigenvalue weighted by atomic mass is 9.73. The van der Waals surface area contributed by atoms with E-state index < -0.39 is 29.9 Å². The average molecular weight is 378 g/mol. The molecule has 2 atom stereocenters. The second kappa shape index (κ2) is 7.54. The molecule has 0 aromatic heterocycles. The van der Waals surface area contributed by atoms with E-state index in [0.717, 1.165) is 24.2 Å². The molecular formula is C19H23FN2O5. The highest BCUT2D eigenvalue weighted by molar-refractivity contribution is 6.08. The number of hydrogen-bond donors (Lipinski definition) is 1. The van der Waals surface area contributed by atoms with E-state index >= 15 is 0 Å². The van der Waals surface area contributed by atoms with E-state index in [4.69, 9.17) is 9.47 Å². The van der Waals surface area contributed by atoms with E-state index in [2.05, 4.69) is 5.32 Å². The standard InChI is InChI=1S/C19H23FN2O5/c1-12-5-3-4-8-19(12)17(24)22(18(25)21-19)10-16(23)27-11-13-9-14(20)6-7-15(13)26-2/h6-7,9,12H,3-5,8,10-11H2,1-2H3,(H,21,25)/t12-,19-/m1/s1. The summed E-state index contributed by atoms with van der Waals surface area (Å²) in [6.07, 6.45) is 3.30. The van der Waals surface area contributed by atoms with Crippen molar-refractivity contribution >= 4 is 17.9 Å². The molecule has 146 valence electrons. The molecule has 1 aliphatic heterocycles. The van der Waals surface area contributed by atoms with Crippen molar-refractivity contribution in [2.24, 2.45) is 5.92 Å². The highest BCUT2D eigenvalue weighted by Gasteiger charge is 2.55. The van der Waals surface area contributed by atoms with Gasteiger partial charge in [-0.25, -0.2) is 9.18 Å². The summed E-state index contributed by atoms with van der Waals surface area (Å²) in [6.45, 7) is 1.25. The maximum Gasteiger partial charge on any atom is 0.326 e. The third-order valence-corrected chi connectivity index (χ3v) is 5.42. The number of urea groups is 1. The van der Waals surface area contributed by atoms with Crippen LogP contribution in [0.2, 0.25) is 0 Å². The van der Waals surface area contributed by atoms with Crippen LogP contribution in [0.1, 0.15) is 38.2 Å². The van der Waals surface area contributed by atoms with Crippen molar-refractivity contribution in [3.63, 3.8) is 0 Å². The monoisotopic (exact) mass is 378 g/mol. The molecule has 0 unspecified atom stereocenters. The number of hydrogen-bond acceptors (Lipinski definition) is 5. The molecule has 7 nitrogen and oxygen atoms in total. The van der Waals surface area contributed by atoms with E-state index in [9.17, 15) is 18.8 Å². The van der Waals surface area contributed by atoms with E-state index in [1.165, 1.54) is 25.3 Å². The van der Waals surface area contributed by atoms with Gasteiger partial charge in [-0.1, -0.05) is 19.8 Å². The summed E-state index contributed by atoms with van der Waals surface area (Å²) in [5, 5.41) is 2.78. The van der Waals surface area contributed by atoms with Gasteiger partial charge in [-0.3, -0.25) is 14.5 Å². The molecule has 1 saturated carbocycles. The molecule has 1 spiro atoms. The molecule has 1 heterocycles. The number of esters is 1. The first-order chi connectivity index (χ1) is 12.9. The predicted octanol–water partition coefficient (Wildman–Crippen LogP) is 2.38. The minimum Gasteiger partial charge on any atom is -0.496 e. The molecule has 1 N–H and O–H groups in total. The van der Waals surface area contributed by atoms with Crippen LogP contribution in [0, 0.1) is 11.7 Å². The topological polar surface area (TPSA) is 84.9 Å². The van der Waals surface area contributed by atoms with E-state index in [1.807, 2.05) is 6.92 Å². The number of carbonyl (C=O) groups is 3. The van der Waals surface area contributed by atoms with E-state index in [0.29, 0.717) is 17.7 Å². The van der Waals surface area contributed by atoms with E-state index in [-0.39, 0.29) is 18.4 Å². The second-order valence-corrected chi connectivity index (χ2v) is 7.06. The average Bonchev–Trinajstić information content (AvgIpc) is 2.87. The Balaban J connectivity index is 1.64. The molecule has 1 saturated heterocycles. The van der Waals surface area contributed by atoms with Crippen LogP contribution in [0.15, 0.2) is 18.2 Å². The van der Waals surface area contributed by atoms with Crippen LogP contribution in [0.5, 0.6) is 5.75 Å². The Morgan fingerprint density at radius 2 is 2.15 bits per heavy atom. The van der Waals surface area contributed by atoms with Gasteiger partial charge in [0.25, 0.3) is 5.91 Å². The van der Waals surface area contributed by atoms with Gasteiger partial charge in [-0.15, -0.1) is 0 Å². The normalized spacial score (nSPS) is 24.9. The molecule has 1 aliphatic carbocycles. The Bertz CT molecular complexity index is 768. The maximum absolute atomic E-state index is 13.4. The van der Waals surface area contributed by atoms with Crippen LogP contribution in [0.3, 0.4) is 0 Å². The third kappa shape index (κ3) is 3.61. The molecule has 3 rings (SSSR count). The van der Waals surface area contributed by atoms with Gasteiger partial charge in [0.1, 0.15) is 30.3 Å². The summed E-state index contributed by atoms with van der Waals surface area (Å²) in [7, 11) is 1.43. The summed E-state index contributed by atoms with van der Waals surface area (Å²) < 4.78 is 23.6. The number of nitrogens with zero attached hydrogens (tertiary/aromatic N) is 1. The number of benzene rings is 1. The fourth-order valence-electron chi connectivity index (χ4n) is 3.83. The van der Waals surface area contributed by atoms with Gasteiger partial charge in [0.05, 0.1) is 7.11 Å². The van der Waals surface area contributed by atoms with Gasteiger partial charge in [0.2, 0.25) is 0 Å². The smallest absolute Gasteiger partial charge is 0.326 e. The zero-order valence-electron chi connectivity index (χ0n) is 15.4. The van der Waals surface area contributed by atoms with Crippen molar-refractivity contribution in [3.05, 3.63) is 29.6 Å². The fraction of sp³-hybridized carbons (Fsp3) is 0.526. The first kappa shape index (κ1) is 19.1. The number of ether oxygens (including phenoxy) is 2. The minimum absolute atomic E-state index is 0.0141. The third-order valence-electron chi connectivity index (χ3n) is 5.42. The summed E-state index contributed by atoms with van der Waals surface area (Å²) in [5.74, 6) is -1.20. The lowest BCUT2D eigenvalue weighted by Gasteiger charge is -2.36. The first-order valence-corrected chi connectivity index (χ1v) is 8.99. The predicted molar refractivity (Wildman–Crippen MR) is 93.4 cm³/mol. The summed E-state index contributed by atoms with van der Waals surface area (Å²) >= 11 is 0. The quantitative estimate of drug-likeness (QED) is 0.628. The summed E-state index contributed by atoms with van der Waals surface area (Å²) in [6, 6.07) is 3.30. The molecule has 2 aliphatic rings. The van der Waals surface area contributed by atoms with Crippen molar-refractivity contribution in [1.82, 2.24) is 10.2 Å². The van der Waals surface area contributed by atoms with Gasteiger partial charge >= 0.3 is 12.0 Å². The molecule has 1 aromatic carbocycles. The molecule has 1 aromatic rings. The van der Waals surface area contributed by atoms with Crippen LogP contribution in [-0.4, -0.2) is 42.0 Å². The zero-order valence-corrected chi connectivity index (χ0v) is 15.4. The minimum atomic E-state index is -0.915. The van der Waals surface area contributed by atoms with Crippen molar-refractivity contribution in [1.29, 1.82) is 0 Å². The van der Waals surface area contributed by atoms with Gasteiger partial charge in [0, 0.05) is 5.56 Å². The van der Waals surface area contributed by atoms with Gasteiger partial charge in [-0.05, 0) is 37.0 Å². The van der Waals surface area contributed by atoms with Crippen LogP contribution in [0.25, 0.3) is 0 Å². The maximum atomic E-state index is 13.4. The van der Waals surface area contributed by atoms with Crippen LogP contribution < -0.4 is 10.1 Å². The summed E-state index contributed by atoms with van der Waals surface area (Å²) in [5.41, 5.74) is -0.554. The number of nitrogens with one attached hydrogen (secondary N) is 1. The molecule has 0 bridgehead atoms. The molecule has 2 fully saturated rings. The second-order valence-electron chi connectivity index (χ2n) is 7.06.